The molecule has 2 N–H and O–H groups in total. The van der Waals surface area contributed by atoms with Gasteiger partial charge in [-0.2, -0.15) is 0 Å². The number of carboxylic acid groups (broad SMARTS) is 1. The highest BCUT2D eigenvalue weighted by Crippen LogP contribution is 2.38. The molecular weight excluding hydrogens is 298 g/mol. The first-order valence-corrected chi connectivity index (χ1v) is 7.22. The van der Waals surface area contributed by atoms with Crippen LogP contribution in [0.25, 0.3) is 0 Å². The van der Waals surface area contributed by atoms with Crippen molar-refractivity contribution in [1.29, 1.82) is 0 Å². The minimum absolute atomic E-state index is 0.0483. The first-order valence-electron chi connectivity index (χ1n) is 5.19. The van der Waals surface area contributed by atoms with Gasteiger partial charge in [-0.3, -0.25) is 9.52 Å². The molecule has 0 radical (unpaired) electrons. The molecule has 0 spiro atoms. The number of rotatable bonds is 4. The highest BCUT2D eigenvalue weighted by atomic mass is 35.5. The summed E-state index contributed by atoms with van der Waals surface area (Å²) >= 11 is 5.89. The van der Waals surface area contributed by atoms with Gasteiger partial charge in [-0.1, -0.05) is 11.6 Å². The summed E-state index contributed by atoms with van der Waals surface area (Å²) in [6.07, 6.45) is 0. The van der Waals surface area contributed by atoms with E-state index in [9.17, 15) is 13.2 Å². The van der Waals surface area contributed by atoms with Gasteiger partial charge in [0.15, 0.2) is 17.3 Å². The standard InChI is InChI=1S/C10H10ClNO6S/c11-6-3-8-9(18-2-1-17-8)4-7(6)12-19(15,16)5-10(13)14/h3-4,12H,1-2,5H2,(H,13,14). The zero-order valence-corrected chi connectivity index (χ0v) is 11.1. The molecule has 7 nitrogen and oxygen atoms in total. The number of benzene rings is 1. The molecule has 1 aliphatic rings. The minimum Gasteiger partial charge on any atom is -0.486 e. The fraction of sp³-hybridized carbons (Fsp3) is 0.300. The average Bonchev–Trinajstić information content (AvgIpc) is 2.27. The van der Waals surface area contributed by atoms with E-state index in [0.717, 1.165) is 0 Å². The predicted octanol–water partition coefficient (Wildman–Crippen LogP) is 0.938. The van der Waals surface area contributed by atoms with E-state index in [1.807, 2.05) is 0 Å². The highest BCUT2D eigenvalue weighted by Gasteiger charge is 2.20. The monoisotopic (exact) mass is 307 g/mol. The molecular formula is C10H10ClNO6S. The number of hydrogen-bond donors (Lipinski definition) is 2. The van der Waals surface area contributed by atoms with Crippen molar-refractivity contribution in [3.8, 4) is 11.5 Å². The Bertz CT molecular complexity index is 615. The Morgan fingerprint density at radius 2 is 1.89 bits per heavy atom. The quantitative estimate of drug-likeness (QED) is 0.858. The third-order valence-corrected chi connectivity index (χ3v) is 3.68. The van der Waals surface area contributed by atoms with Gasteiger partial charge in [0.2, 0.25) is 10.0 Å². The maximum absolute atomic E-state index is 11.5. The zero-order valence-electron chi connectivity index (χ0n) is 9.55. The Labute approximate surface area is 114 Å². The van der Waals surface area contributed by atoms with Gasteiger partial charge in [-0.05, 0) is 0 Å². The second kappa shape index (κ2) is 5.14. The average molecular weight is 308 g/mol. The molecule has 0 aliphatic carbocycles. The highest BCUT2D eigenvalue weighted by molar-refractivity contribution is 7.93. The minimum atomic E-state index is -4.01. The summed E-state index contributed by atoms with van der Waals surface area (Å²) in [6.45, 7) is 0.726. The van der Waals surface area contributed by atoms with Crippen LogP contribution in [-0.2, 0) is 14.8 Å². The molecule has 1 aromatic carbocycles. The SMILES string of the molecule is O=C(O)CS(=O)(=O)Nc1cc2c(cc1Cl)OCCO2. The van der Waals surface area contributed by atoms with Gasteiger partial charge in [0.05, 0.1) is 10.7 Å². The summed E-state index contributed by atoms with van der Waals surface area (Å²) in [6, 6.07) is 2.77. The van der Waals surface area contributed by atoms with Gasteiger partial charge in [0.25, 0.3) is 0 Å². The number of aliphatic carboxylic acids is 1. The normalized spacial score (nSPS) is 13.9. The maximum Gasteiger partial charge on any atom is 0.320 e. The number of carbonyl (C=O) groups is 1. The van der Waals surface area contributed by atoms with Crippen LogP contribution < -0.4 is 14.2 Å². The van der Waals surface area contributed by atoms with Gasteiger partial charge < -0.3 is 14.6 Å². The first-order chi connectivity index (χ1) is 8.87. The van der Waals surface area contributed by atoms with Gasteiger partial charge >= 0.3 is 5.97 Å². The Kier molecular flexibility index (Phi) is 3.72. The summed E-state index contributed by atoms with van der Waals surface area (Å²) in [4.78, 5) is 10.4. The number of carboxylic acids is 1. The number of ether oxygens (including phenoxy) is 2. The van der Waals surface area contributed by atoms with Crippen molar-refractivity contribution in [1.82, 2.24) is 0 Å². The van der Waals surface area contributed by atoms with Gasteiger partial charge in [-0.15, -0.1) is 0 Å². The van der Waals surface area contributed by atoms with Crippen molar-refractivity contribution in [2.24, 2.45) is 0 Å². The van der Waals surface area contributed by atoms with E-state index < -0.39 is 21.7 Å². The largest absolute Gasteiger partial charge is 0.486 e. The van der Waals surface area contributed by atoms with Gasteiger partial charge in [-0.25, -0.2) is 8.42 Å². The van der Waals surface area contributed by atoms with Crippen molar-refractivity contribution in [2.75, 3.05) is 23.7 Å². The third-order valence-electron chi connectivity index (χ3n) is 2.21. The maximum atomic E-state index is 11.5. The molecule has 0 saturated heterocycles. The Balaban J connectivity index is 2.28. The molecule has 0 aromatic heterocycles. The second-order valence-electron chi connectivity index (χ2n) is 3.73. The smallest absolute Gasteiger partial charge is 0.320 e. The molecule has 9 heteroatoms. The molecule has 0 bridgehead atoms. The van der Waals surface area contributed by atoms with Crippen LogP contribution in [0.1, 0.15) is 0 Å². The molecule has 0 atom stereocenters. The molecule has 0 saturated carbocycles. The first kappa shape index (κ1) is 13.8. The number of sulfonamides is 1. The Hall–Kier alpha value is -1.67. The number of fused-ring (bicyclic) bond motifs is 1. The Morgan fingerprint density at radius 1 is 1.32 bits per heavy atom. The van der Waals surface area contributed by atoms with E-state index in [2.05, 4.69) is 4.72 Å². The lowest BCUT2D eigenvalue weighted by molar-refractivity contribution is -0.134. The second-order valence-corrected chi connectivity index (χ2v) is 5.86. The molecule has 1 aliphatic heterocycles. The van der Waals surface area contributed by atoms with Crippen molar-refractivity contribution < 1.29 is 27.8 Å². The molecule has 0 fully saturated rings. The lowest BCUT2D eigenvalue weighted by Gasteiger charge is -2.20. The molecule has 1 aromatic rings. The molecule has 19 heavy (non-hydrogen) atoms. The van der Waals surface area contributed by atoms with Crippen LogP contribution in [0.3, 0.4) is 0 Å². The fourth-order valence-corrected chi connectivity index (χ4v) is 2.67. The van der Waals surface area contributed by atoms with E-state index in [0.29, 0.717) is 24.7 Å². The number of halogens is 1. The van der Waals surface area contributed by atoms with E-state index in [1.54, 1.807) is 0 Å². The van der Waals surface area contributed by atoms with Crippen LogP contribution in [0.15, 0.2) is 12.1 Å². The summed E-state index contributed by atoms with van der Waals surface area (Å²) in [7, 11) is -4.01. The summed E-state index contributed by atoms with van der Waals surface area (Å²) in [5.41, 5.74) is 0.0483. The molecule has 1 heterocycles. The number of hydrogen-bond acceptors (Lipinski definition) is 5. The molecule has 0 amide bonds. The molecule has 0 unspecified atom stereocenters. The molecule has 2 rings (SSSR count). The van der Waals surface area contributed by atoms with Crippen molar-refractivity contribution in [2.45, 2.75) is 0 Å². The van der Waals surface area contributed by atoms with Gasteiger partial charge in [0, 0.05) is 12.1 Å². The zero-order chi connectivity index (χ0) is 14.0. The lowest BCUT2D eigenvalue weighted by Crippen LogP contribution is -2.23. The van der Waals surface area contributed by atoms with Crippen LogP contribution in [0.5, 0.6) is 11.5 Å². The summed E-state index contributed by atoms with van der Waals surface area (Å²) in [5, 5.41) is 8.59. The van der Waals surface area contributed by atoms with Gasteiger partial charge in [0.1, 0.15) is 13.2 Å². The van der Waals surface area contributed by atoms with E-state index >= 15 is 0 Å². The van der Waals surface area contributed by atoms with Crippen LogP contribution in [0.4, 0.5) is 5.69 Å². The molecule has 104 valence electrons. The number of anilines is 1. The van der Waals surface area contributed by atoms with E-state index in [1.165, 1.54) is 12.1 Å². The van der Waals surface area contributed by atoms with Crippen LogP contribution in [0, 0.1) is 0 Å². The van der Waals surface area contributed by atoms with Crippen LogP contribution in [0.2, 0.25) is 5.02 Å². The van der Waals surface area contributed by atoms with Crippen molar-refractivity contribution >= 4 is 33.3 Å². The van der Waals surface area contributed by atoms with Crippen LogP contribution in [-0.4, -0.2) is 38.5 Å². The summed E-state index contributed by atoms with van der Waals surface area (Å²) < 4.78 is 35.7. The van der Waals surface area contributed by atoms with Crippen molar-refractivity contribution in [3.63, 3.8) is 0 Å². The Morgan fingerprint density at radius 3 is 2.47 bits per heavy atom. The predicted molar refractivity (Wildman–Crippen MR) is 67.5 cm³/mol. The fourth-order valence-electron chi connectivity index (χ4n) is 1.51. The summed E-state index contributed by atoms with van der Waals surface area (Å²) in [5.74, 6) is -1.74. The van der Waals surface area contributed by atoms with Crippen molar-refractivity contribution in [3.05, 3.63) is 17.2 Å². The third kappa shape index (κ3) is 3.42. The van der Waals surface area contributed by atoms with E-state index in [4.69, 9.17) is 26.2 Å². The topological polar surface area (TPSA) is 102 Å². The van der Waals surface area contributed by atoms with Crippen LogP contribution >= 0.6 is 11.6 Å². The number of nitrogens with one attached hydrogen (secondary N) is 1. The lowest BCUT2D eigenvalue weighted by atomic mass is 10.2. The van der Waals surface area contributed by atoms with E-state index in [-0.39, 0.29) is 10.7 Å².